The standard InChI is InChI=1S/C20H27N3O4S2/c1-15(14-16-4-8-18(9-5-16)23(2)3)21-28(24,25)19-10-12-20(13-11-19)29(26,27)22-17-6-7-17/h4-5,8-13,15,17,21-22H,6-7,14H2,1-3H3. The Hall–Kier alpha value is -1.94. The number of rotatable bonds is 9. The van der Waals surface area contributed by atoms with Gasteiger partial charge in [0.25, 0.3) is 0 Å². The summed E-state index contributed by atoms with van der Waals surface area (Å²) in [6.45, 7) is 1.80. The molecule has 1 atom stereocenters. The maximum atomic E-state index is 12.6. The molecule has 1 aliphatic rings. The van der Waals surface area contributed by atoms with Gasteiger partial charge in [-0.05, 0) is 68.1 Å². The topological polar surface area (TPSA) is 95.6 Å². The van der Waals surface area contributed by atoms with Crippen molar-refractivity contribution in [2.75, 3.05) is 19.0 Å². The van der Waals surface area contributed by atoms with E-state index < -0.39 is 20.0 Å². The van der Waals surface area contributed by atoms with Gasteiger partial charge in [-0.25, -0.2) is 26.3 Å². The van der Waals surface area contributed by atoms with E-state index in [1.165, 1.54) is 24.3 Å². The summed E-state index contributed by atoms with van der Waals surface area (Å²) in [6, 6.07) is 12.9. The van der Waals surface area contributed by atoms with Crippen LogP contribution in [0.1, 0.15) is 25.3 Å². The van der Waals surface area contributed by atoms with Gasteiger partial charge in [-0.15, -0.1) is 0 Å². The van der Waals surface area contributed by atoms with Crippen molar-refractivity contribution in [3.05, 3.63) is 54.1 Å². The molecule has 9 heteroatoms. The molecular weight excluding hydrogens is 410 g/mol. The third kappa shape index (κ3) is 5.79. The lowest BCUT2D eigenvalue weighted by molar-refractivity contribution is 0.559. The highest BCUT2D eigenvalue weighted by molar-refractivity contribution is 7.90. The number of hydrogen-bond donors (Lipinski definition) is 2. The van der Waals surface area contributed by atoms with E-state index in [1.54, 1.807) is 6.92 Å². The van der Waals surface area contributed by atoms with Crippen LogP contribution in [-0.2, 0) is 26.5 Å². The molecule has 0 heterocycles. The summed E-state index contributed by atoms with van der Waals surface area (Å²) >= 11 is 0. The van der Waals surface area contributed by atoms with Gasteiger partial charge in [-0.1, -0.05) is 12.1 Å². The third-order valence-electron chi connectivity index (χ3n) is 4.69. The van der Waals surface area contributed by atoms with Crippen molar-refractivity contribution in [3.63, 3.8) is 0 Å². The smallest absolute Gasteiger partial charge is 0.240 e. The van der Waals surface area contributed by atoms with Crippen molar-refractivity contribution in [1.82, 2.24) is 9.44 Å². The lowest BCUT2D eigenvalue weighted by Gasteiger charge is -2.16. The van der Waals surface area contributed by atoms with E-state index in [0.717, 1.165) is 24.1 Å². The van der Waals surface area contributed by atoms with Gasteiger partial charge in [-0.3, -0.25) is 0 Å². The molecule has 158 valence electrons. The van der Waals surface area contributed by atoms with Gasteiger partial charge in [0.05, 0.1) is 9.79 Å². The first kappa shape index (κ1) is 21.8. The molecule has 2 aromatic carbocycles. The number of anilines is 1. The molecule has 0 radical (unpaired) electrons. The summed E-state index contributed by atoms with van der Waals surface area (Å²) in [5, 5.41) is 0. The van der Waals surface area contributed by atoms with Gasteiger partial charge in [-0.2, -0.15) is 0 Å². The summed E-state index contributed by atoms with van der Waals surface area (Å²) in [7, 11) is -3.42. The molecule has 29 heavy (non-hydrogen) atoms. The Labute approximate surface area is 173 Å². The van der Waals surface area contributed by atoms with Crippen LogP contribution in [-0.4, -0.2) is 43.0 Å². The normalized spacial score (nSPS) is 15.8. The molecule has 0 aliphatic heterocycles. The van der Waals surface area contributed by atoms with Crippen LogP contribution in [0.3, 0.4) is 0 Å². The fourth-order valence-corrected chi connectivity index (χ4v) is 5.49. The maximum Gasteiger partial charge on any atom is 0.240 e. The molecule has 2 aromatic rings. The van der Waals surface area contributed by atoms with Gasteiger partial charge >= 0.3 is 0 Å². The number of hydrogen-bond acceptors (Lipinski definition) is 5. The van der Waals surface area contributed by atoms with Gasteiger partial charge in [0.1, 0.15) is 0 Å². The van der Waals surface area contributed by atoms with Crippen molar-refractivity contribution < 1.29 is 16.8 Å². The SMILES string of the molecule is CC(Cc1ccc(N(C)C)cc1)NS(=O)(=O)c1ccc(S(=O)(=O)NC2CC2)cc1. The average Bonchev–Trinajstić information content (AvgIpc) is 3.45. The number of benzene rings is 2. The van der Waals surface area contributed by atoms with Crippen LogP contribution in [0.2, 0.25) is 0 Å². The summed E-state index contributed by atoms with van der Waals surface area (Å²) < 4.78 is 54.9. The molecular formula is C20H27N3O4S2. The van der Waals surface area contributed by atoms with Crippen LogP contribution in [0, 0.1) is 0 Å². The first-order valence-electron chi connectivity index (χ1n) is 9.48. The Kier molecular flexibility index (Phi) is 6.33. The Morgan fingerprint density at radius 1 is 0.897 bits per heavy atom. The molecule has 3 rings (SSSR count). The van der Waals surface area contributed by atoms with Crippen molar-refractivity contribution in [2.24, 2.45) is 0 Å². The zero-order valence-electron chi connectivity index (χ0n) is 16.8. The lowest BCUT2D eigenvalue weighted by atomic mass is 10.1. The fourth-order valence-electron chi connectivity index (χ4n) is 2.94. The second-order valence-electron chi connectivity index (χ2n) is 7.65. The van der Waals surface area contributed by atoms with Crippen molar-refractivity contribution in [3.8, 4) is 0 Å². The number of nitrogens with one attached hydrogen (secondary N) is 2. The summed E-state index contributed by atoms with van der Waals surface area (Å²) in [4.78, 5) is 2.11. The molecule has 1 fully saturated rings. The zero-order valence-corrected chi connectivity index (χ0v) is 18.4. The molecule has 0 bridgehead atoms. The van der Waals surface area contributed by atoms with Crippen molar-refractivity contribution >= 4 is 25.7 Å². The van der Waals surface area contributed by atoms with Crippen LogP contribution in [0.15, 0.2) is 58.3 Å². The molecule has 2 N–H and O–H groups in total. The van der Waals surface area contributed by atoms with Crippen molar-refractivity contribution in [1.29, 1.82) is 0 Å². The van der Waals surface area contributed by atoms with Crippen LogP contribution < -0.4 is 14.3 Å². The van der Waals surface area contributed by atoms with E-state index in [0.29, 0.717) is 6.42 Å². The molecule has 0 saturated heterocycles. The van der Waals surface area contributed by atoms with Crippen LogP contribution in [0.25, 0.3) is 0 Å². The molecule has 0 aromatic heterocycles. The Morgan fingerprint density at radius 2 is 1.41 bits per heavy atom. The first-order valence-corrected chi connectivity index (χ1v) is 12.4. The molecule has 7 nitrogen and oxygen atoms in total. The van der Waals surface area contributed by atoms with Gasteiger partial charge in [0.2, 0.25) is 20.0 Å². The monoisotopic (exact) mass is 437 g/mol. The summed E-state index contributed by atoms with van der Waals surface area (Å²) in [6.07, 6.45) is 2.22. The third-order valence-corrected chi connectivity index (χ3v) is 7.84. The Morgan fingerprint density at radius 3 is 1.90 bits per heavy atom. The quantitative estimate of drug-likeness (QED) is 0.626. The Bertz CT molecular complexity index is 1040. The minimum atomic E-state index is -3.75. The summed E-state index contributed by atoms with van der Waals surface area (Å²) in [5.41, 5.74) is 2.10. The van der Waals surface area contributed by atoms with Gasteiger partial charge in [0.15, 0.2) is 0 Å². The highest BCUT2D eigenvalue weighted by Gasteiger charge is 2.28. The lowest BCUT2D eigenvalue weighted by Crippen LogP contribution is -2.34. The van der Waals surface area contributed by atoms with E-state index in [4.69, 9.17) is 0 Å². The zero-order chi connectivity index (χ0) is 21.2. The number of nitrogens with zero attached hydrogens (tertiary/aromatic N) is 1. The maximum absolute atomic E-state index is 12.6. The minimum absolute atomic E-state index is 0.00211. The number of sulfonamides is 2. The molecule has 1 saturated carbocycles. The highest BCUT2D eigenvalue weighted by Crippen LogP contribution is 2.23. The van der Waals surface area contributed by atoms with Crippen LogP contribution in [0.5, 0.6) is 0 Å². The van der Waals surface area contributed by atoms with Crippen LogP contribution in [0.4, 0.5) is 5.69 Å². The van der Waals surface area contributed by atoms with E-state index in [2.05, 4.69) is 9.44 Å². The van der Waals surface area contributed by atoms with Crippen molar-refractivity contribution in [2.45, 2.75) is 48.1 Å². The largest absolute Gasteiger partial charge is 0.378 e. The van der Waals surface area contributed by atoms with Crippen LogP contribution >= 0.6 is 0 Å². The molecule has 0 amide bonds. The first-order chi connectivity index (χ1) is 13.6. The van der Waals surface area contributed by atoms with Gasteiger partial charge < -0.3 is 4.90 Å². The molecule has 1 unspecified atom stereocenters. The van der Waals surface area contributed by atoms with Gasteiger partial charge in [0, 0.05) is 31.9 Å². The molecule has 0 spiro atoms. The highest BCUT2D eigenvalue weighted by atomic mass is 32.2. The predicted molar refractivity (Wildman–Crippen MR) is 114 cm³/mol. The predicted octanol–water partition coefficient (Wildman–Crippen LogP) is 2.10. The van der Waals surface area contributed by atoms with E-state index in [-0.39, 0.29) is 21.9 Å². The summed E-state index contributed by atoms with van der Waals surface area (Å²) in [5.74, 6) is 0. The Balaban J connectivity index is 1.65. The second kappa shape index (κ2) is 8.43. The fraction of sp³-hybridized carbons (Fsp3) is 0.400. The van der Waals surface area contributed by atoms with E-state index in [9.17, 15) is 16.8 Å². The minimum Gasteiger partial charge on any atom is -0.378 e. The van der Waals surface area contributed by atoms with E-state index >= 15 is 0 Å². The molecule has 1 aliphatic carbocycles. The average molecular weight is 438 g/mol. The second-order valence-corrected chi connectivity index (χ2v) is 11.1. The van der Waals surface area contributed by atoms with E-state index in [1.807, 2.05) is 43.3 Å².